The molecule has 4 rings (SSSR count). The zero-order chi connectivity index (χ0) is 25.9. The van der Waals surface area contributed by atoms with E-state index in [1.165, 1.54) is 39.9 Å². The zero-order valence-electron chi connectivity index (χ0n) is 20.6. The van der Waals surface area contributed by atoms with Crippen LogP contribution in [0.25, 0.3) is 10.4 Å². The van der Waals surface area contributed by atoms with Crippen molar-refractivity contribution in [2.45, 2.75) is 32.1 Å². The van der Waals surface area contributed by atoms with Gasteiger partial charge < -0.3 is 10.1 Å². The highest BCUT2D eigenvalue weighted by atomic mass is 32.2. The molecule has 0 unspecified atom stereocenters. The molecule has 1 N–H and O–H groups in total. The van der Waals surface area contributed by atoms with Gasteiger partial charge in [-0.15, -0.1) is 11.3 Å². The molecule has 1 aromatic heterocycles. The number of carbonyl (C=O) groups excluding carboxylic acids is 2. The van der Waals surface area contributed by atoms with Gasteiger partial charge in [-0.05, 0) is 61.1 Å². The minimum Gasteiger partial charge on any atom is -0.462 e. The number of ether oxygens (including phenoxy) is 1. The maximum Gasteiger partial charge on any atom is 0.350 e. The molecule has 0 bridgehead atoms. The fourth-order valence-corrected chi connectivity index (χ4v) is 7.19. The number of benzene rings is 2. The average molecular weight is 527 g/mol. The van der Waals surface area contributed by atoms with Gasteiger partial charge in [-0.25, -0.2) is 13.2 Å². The van der Waals surface area contributed by atoms with Gasteiger partial charge in [-0.3, -0.25) is 4.79 Å². The van der Waals surface area contributed by atoms with Crippen molar-refractivity contribution in [3.63, 3.8) is 0 Å². The summed E-state index contributed by atoms with van der Waals surface area (Å²) in [6.07, 6.45) is 1.01. The van der Waals surface area contributed by atoms with E-state index in [9.17, 15) is 18.0 Å². The number of esters is 1. The Labute approximate surface area is 216 Å². The number of amides is 1. The second kappa shape index (κ2) is 10.9. The summed E-state index contributed by atoms with van der Waals surface area (Å²) in [6, 6.07) is 17.2. The molecule has 36 heavy (non-hydrogen) atoms. The first kappa shape index (κ1) is 26.1. The van der Waals surface area contributed by atoms with E-state index in [1.54, 1.807) is 13.0 Å². The minimum absolute atomic E-state index is 0.162. The number of piperidine rings is 1. The van der Waals surface area contributed by atoms with Crippen molar-refractivity contribution in [3.8, 4) is 10.4 Å². The van der Waals surface area contributed by atoms with Crippen molar-refractivity contribution in [2.24, 2.45) is 11.8 Å². The zero-order valence-corrected chi connectivity index (χ0v) is 22.2. The van der Waals surface area contributed by atoms with E-state index in [1.807, 2.05) is 30.3 Å². The van der Waals surface area contributed by atoms with E-state index < -0.39 is 21.9 Å². The first-order valence-electron chi connectivity index (χ1n) is 12.0. The van der Waals surface area contributed by atoms with Crippen LogP contribution in [-0.4, -0.2) is 44.3 Å². The Bertz CT molecular complexity index is 1320. The number of thiophene rings is 1. The molecule has 0 spiro atoms. The molecule has 1 fully saturated rings. The van der Waals surface area contributed by atoms with Crippen LogP contribution in [0.5, 0.6) is 0 Å². The van der Waals surface area contributed by atoms with Gasteiger partial charge in [0.25, 0.3) is 5.91 Å². The summed E-state index contributed by atoms with van der Waals surface area (Å²) in [5, 5.41) is 2.80. The molecule has 0 saturated carbocycles. The molecule has 0 radical (unpaired) electrons. The van der Waals surface area contributed by atoms with Crippen LogP contribution in [0.1, 0.15) is 47.2 Å². The van der Waals surface area contributed by atoms with E-state index in [2.05, 4.69) is 19.2 Å². The standard InChI is InChI=1S/C27H30N2O5S2/c1-4-34-27(31)25-23(15-24(35-25)20-8-6-5-7-9-20)28-26(30)21-10-12-22(13-11-21)36(32,33)29-16-18(2)14-19(3)17-29/h5-13,15,18-19H,4,14,16-17H2,1-3H3,(H,28,30)/t18-,19-/m0/s1. The molecule has 2 atom stereocenters. The molecule has 2 heterocycles. The van der Waals surface area contributed by atoms with Crippen LogP contribution in [-0.2, 0) is 14.8 Å². The largest absolute Gasteiger partial charge is 0.462 e. The average Bonchev–Trinajstić information content (AvgIpc) is 3.28. The number of nitrogens with zero attached hydrogens (tertiary/aromatic N) is 1. The number of sulfonamides is 1. The topological polar surface area (TPSA) is 92.8 Å². The Morgan fingerprint density at radius 3 is 2.28 bits per heavy atom. The van der Waals surface area contributed by atoms with E-state index in [-0.39, 0.29) is 17.1 Å². The molecule has 1 saturated heterocycles. The van der Waals surface area contributed by atoms with E-state index in [0.717, 1.165) is 16.9 Å². The van der Waals surface area contributed by atoms with Crippen molar-refractivity contribution >= 4 is 38.9 Å². The third kappa shape index (κ3) is 5.69. The summed E-state index contributed by atoms with van der Waals surface area (Å²) in [5.74, 6) is -0.351. The van der Waals surface area contributed by atoms with Gasteiger partial charge in [-0.2, -0.15) is 4.31 Å². The second-order valence-corrected chi connectivity index (χ2v) is 12.2. The number of anilines is 1. The highest BCUT2D eigenvalue weighted by Gasteiger charge is 2.31. The lowest BCUT2D eigenvalue weighted by molar-refractivity contribution is 0.0533. The molecular weight excluding hydrogens is 496 g/mol. The molecule has 1 amide bonds. The first-order valence-corrected chi connectivity index (χ1v) is 14.2. The Hall–Kier alpha value is -3.01. The summed E-state index contributed by atoms with van der Waals surface area (Å²) in [7, 11) is -3.64. The summed E-state index contributed by atoms with van der Waals surface area (Å²) < 4.78 is 33.0. The lowest BCUT2D eigenvalue weighted by atomic mass is 9.94. The second-order valence-electron chi connectivity index (χ2n) is 9.19. The maximum atomic E-state index is 13.1. The van der Waals surface area contributed by atoms with Crippen molar-refractivity contribution < 1.29 is 22.7 Å². The number of rotatable bonds is 7. The summed E-state index contributed by atoms with van der Waals surface area (Å²) >= 11 is 1.25. The number of nitrogens with one attached hydrogen (secondary N) is 1. The maximum absolute atomic E-state index is 13.1. The highest BCUT2D eigenvalue weighted by molar-refractivity contribution is 7.89. The third-order valence-electron chi connectivity index (χ3n) is 6.09. The van der Waals surface area contributed by atoms with Gasteiger partial charge in [0.1, 0.15) is 4.88 Å². The van der Waals surface area contributed by atoms with Crippen LogP contribution in [0.3, 0.4) is 0 Å². The normalized spacial score (nSPS) is 18.5. The SMILES string of the molecule is CCOC(=O)c1sc(-c2ccccc2)cc1NC(=O)c1ccc(S(=O)(=O)N2C[C@@H](C)C[C@H](C)C2)cc1. The highest BCUT2D eigenvalue weighted by Crippen LogP contribution is 2.35. The Balaban J connectivity index is 1.55. The van der Waals surface area contributed by atoms with E-state index in [4.69, 9.17) is 4.74 Å². The summed E-state index contributed by atoms with van der Waals surface area (Å²) in [4.78, 5) is 26.9. The number of hydrogen-bond donors (Lipinski definition) is 1. The van der Waals surface area contributed by atoms with Crippen molar-refractivity contribution in [2.75, 3.05) is 25.0 Å². The fraction of sp³-hybridized carbons (Fsp3) is 0.333. The molecule has 7 nitrogen and oxygen atoms in total. The van der Waals surface area contributed by atoms with E-state index in [0.29, 0.717) is 35.5 Å². The summed E-state index contributed by atoms with van der Waals surface area (Å²) in [6.45, 7) is 7.05. The van der Waals surface area contributed by atoms with Gasteiger partial charge in [0, 0.05) is 23.5 Å². The van der Waals surface area contributed by atoms with Crippen LogP contribution >= 0.6 is 11.3 Å². The molecule has 0 aliphatic carbocycles. The van der Waals surface area contributed by atoms with Gasteiger partial charge in [0.15, 0.2) is 0 Å². The van der Waals surface area contributed by atoms with Crippen LogP contribution in [0.15, 0.2) is 65.6 Å². The Morgan fingerprint density at radius 2 is 1.67 bits per heavy atom. The van der Waals surface area contributed by atoms with Crippen LogP contribution in [0.4, 0.5) is 5.69 Å². The monoisotopic (exact) mass is 526 g/mol. The quantitative estimate of drug-likeness (QED) is 0.410. The lowest BCUT2D eigenvalue weighted by Gasteiger charge is -2.34. The predicted octanol–water partition coefficient (Wildman–Crippen LogP) is 5.51. The third-order valence-corrected chi connectivity index (χ3v) is 9.10. The smallest absolute Gasteiger partial charge is 0.350 e. The van der Waals surface area contributed by atoms with Gasteiger partial charge in [0.2, 0.25) is 10.0 Å². The molecule has 9 heteroatoms. The van der Waals surface area contributed by atoms with Crippen molar-refractivity contribution in [1.82, 2.24) is 4.31 Å². The Morgan fingerprint density at radius 1 is 1.03 bits per heavy atom. The lowest BCUT2D eigenvalue weighted by Crippen LogP contribution is -2.42. The van der Waals surface area contributed by atoms with Gasteiger partial charge >= 0.3 is 5.97 Å². The van der Waals surface area contributed by atoms with Gasteiger partial charge in [-0.1, -0.05) is 44.2 Å². The summed E-state index contributed by atoms with van der Waals surface area (Å²) in [5.41, 5.74) is 1.57. The van der Waals surface area contributed by atoms with E-state index >= 15 is 0 Å². The minimum atomic E-state index is -3.64. The number of hydrogen-bond acceptors (Lipinski definition) is 6. The predicted molar refractivity (Wildman–Crippen MR) is 142 cm³/mol. The van der Waals surface area contributed by atoms with Crippen molar-refractivity contribution in [1.29, 1.82) is 0 Å². The van der Waals surface area contributed by atoms with Crippen LogP contribution < -0.4 is 5.32 Å². The fourth-order valence-electron chi connectivity index (χ4n) is 4.50. The molecule has 1 aliphatic rings. The van der Waals surface area contributed by atoms with Gasteiger partial charge in [0.05, 0.1) is 17.2 Å². The molecule has 2 aromatic carbocycles. The number of carbonyl (C=O) groups is 2. The Kier molecular flexibility index (Phi) is 7.92. The first-order chi connectivity index (χ1) is 17.2. The molecular formula is C27H30N2O5S2. The molecule has 3 aromatic rings. The molecule has 1 aliphatic heterocycles. The van der Waals surface area contributed by atoms with Crippen molar-refractivity contribution in [3.05, 3.63) is 71.1 Å². The van der Waals surface area contributed by atoms with Crippen LogP contribution in [0.2, 0.25) is 0 Å². The molecule has 190 valence electrons. The van der Waals surface area contributed by atoms with Crippen LogP contribution in [0, 0.1) is 11.8 Å².